The lowest BCUT2D eigenvalue weighted by Gasteiger charge is -2.06. The van der Waals surface area contributed by atoms with E-state index in [1.807, 2.05) is 55.5 Å². The summed E-state index contributed by atoms with van der Waals surface area (Å²) >= 11 is 0. The maximum absolute atomic E-state index is 12.3. The summed E-state index contributed by atoms with van der Waals surface area (Å²) < 4.78 is 12.3. The molecule has 0 aliphatic carbocycles. The van der Waals surface area contributed by atoms with Crippen molar-refractivity contribution in [3.63, 3.8) is 0 Å². The second-order valence-electron chi connectivity index (χ2n) is 4.23. The molecule has 0 aliphatic rings. The predicted octanol–water partition coefficient (Wildman–Crippen LogP) is 2.80. The molecule has 2 nitrogen and oxygen atoms in total. The van der Waals surface area contributed by atoms with Crippen LogP contribution in [0.5, 0.6) is 0 Å². The first-order chi connectivity index (χ1) is 8.70. The largest absolute Gasteiger partial charge is 0.392 e. The molecule has 0 amide bonds. The molecular formula is C15H16O2S. The van der Waals surface area contributed by atoms with Crippen LogP contribution in [0, 0.1) is 6.92 Å². The van der Waals surface area contributed by atoms with Gasteiger partial charge in [-0.1, -0.05) is 42.5 Å². The van der Waals surface area contributed by atoms with E-state index in [0.717, 1.165) is 21.6 Å². The van der Waals surface area contributed by atoms with Gasteiger partial charge in [0.1, 0.15) is 0 Å². The summed E-state index contributed by atoms with van der Waals surface area (Å²) in [5.74, 6) is 0.510. The Labute approximate surface area is 110 Å². The molecule has 0 saturated heterocycles. The Bertz CT molecular complexity index is 547. The van der Waals surface area contributed by atoms with Crippen LogP contribution in [-0.2, 0) is 23.2 Å². The Kier molecular flexibility index (Phi) is 4.28. The highest BCUT2D eigenvalue weighted by Gasteiger charge is 2.07. The fraction of sp³-hybridized carbons (Fsp3) is 0.200. The molecule has 1 unspecified atom stereocenters. The zero-order valence-electron chi connectivity index (χ0n) is 10.3. The van der Waals surface area contributed by atoms with Gasteiger partial charge in [0.05, 0.1) is 23.2 Å². The number of hydrogen-bond donors (Lipinski definition) is 1. The van der Waals surface area contributed by atoms with Crippen molar-refractivity contribution < 1.29 is 9.32 Å². The second-order valence-corrected chi connectivity index (χ2v) is 5.65. The maximum atomic E-state index is 12.3. The van der Waals surface area contributed by atoms with Crippen molar-refractivity contribution in [1.29, 1.82) is 0 Å². The van der Waals surface area contributed by atoms with Gasteiger partial charge in [-0.05, 0) is 29.7 Å². The molecule has 0 aromatic heterocycles. The first-order valence-corrected chi connectivity index (χ1v) is 7.15. The summed E-state index contributed by atoms with van der Waals surface area (Å²) in [4.78, 5) is 0.892. The molecule has 0 heterocycles. The van der Waals surface area contributed by atoms with E-state index in [2.05, 4.69) is 0 Å². The molecule has 0 bridgehead atoms. The monoisotopic (exact) mass is 260 g/mol. The average molecular weight is 260 g/mol. The Balaban J connectivity index is 2.14. The standard InChI is InChI=1S/C15H16O2S/c1-12-4-2-3-5-15(12)18(17)11-14-8-6-13(10-16)7-9-14/h2-9,16H,10-11H2,1H3. The van der Waals surface area contributed by atoms with Crippen LogP contribution >= 0.6 is 0 Å². The third-order valence-electron chi connectivity index (χ3n) is 2.84. The third-order valence-corrected chi connectivity index (χ3v) is 4.39. The Morgan fingerprint density at radius 2 is 1.61 bits per heavy atom. The minimum atomic E-state index is -1.02. The maximum Gasteiger partial charge on any atom is 0.0681 e. The number of aliphatic hydroxyl groups is 1. The minimum Gasteiger partial charge on any atom is -0.392 e. The van der Waals surface area contributed by atoms with Gasteiger partial charge in [-0.2, -0.15) is 0 Å². The molecule has 1 atom stereocenters. The van der Waals surface area contributed by atoms with Crippen molar-refractivity contribution in [3.05, 3.63) is 65.2 Å². The number of benzene rings is 2. The number of hydrogen-bond acceptors (Lipinski definition) is 2. The van der Waals surface area contributed by atoms with Crippen molar-refractivity contribution in [1.82, 2.24) is 0 Å². The van der Waals surface area contributed by atoms with E-state index in [9.17, 15) is 4.21 Å². The molecule has 94 valence electrons. The van der Waals surface area contributed by atoms with Gasteiger partial charge in [0.2, 0.25) is 0 Å². The lowest BCUT2D eigenvalue weighted by molar-refractivity contribution is 0.282. The molecule has 0 saturated carbocycles. The highest BCUT2D eigenvalue weighted by atomic mass is 32.2. The topological polar surface area (TPSA) is 37.3 Å². The molecule has 0 spiro atoms. The fourth-order valence-corrected chi connectivity index (χ4v) is 3.09. The molecule has 2 aromatic rings. The van der Waals surface area contributed by atoms with Crippen LogP contribution in [0.15, 0.2) is 53.4 Å². The molecule has 18 heavy (non-hydrogen) atoms. The second kappa shape index (κ2) is 5.94. The SMILES string of the molecule is Cc1ccccc1S(=O)Cc1ccc(CO)cc1. The van der Waals surface area contributed by atoms with Gasteiger partial charge >= 0.3 is 0 Å². The highest BCUT2D eigenvalue weighted by molar-refractivity contribution is 7.84. The van der Waals surface area contributed by atoms with Gasteiger partial charge < -0.3 is 5.11 Å². The van der Waals surface area contributed by atoms with Crippen molar-refractivity contribution in [2.24, 2.45) is 0 Å². The van der Waals surface area contributed by atoms with Gasteiger partial charge in [-0.3, -0.25) is 4.21 Å². The smallest absolute Gasteiger partial charge is 0.0681 e. The Morgan fingerprint density at radius 3 is 2.22 bits per heavy atom. The Morgan fingerprint density at radius 1 is 1.00 bits per heavy atom. The van der Waals surface area contributed by atoms with Gasteiger partial charge in [0.15, 0.2) is 0 Å². The number of aliphatic hydroxyl groups excluding tert-OH is 1. The molecule has 0 aliphatic heterocycles. The van der Waals surface area contributed by atoms with Crippen LogP contribution in [0.4, 0.5) is 0 Å². The fourth-order valence-electron chi connectivity index (χ4n) is 1.78. The average Bonchev–Trinajstić information content (AvgIpc) is 2.40. The molecule has 3 heteroatoms. The summed E-state index contributed by atoms with van der Waals surface area (Å²) in [5, 5.41) is 8.96. The Hall–Kier alpha value is -1.45. The number of aryl methyl sites for hydroxylation is 1. The van der Waals surface area contributed by atoms with E-state index in [0.29, 0.717) is 5.75 Å². The van der Waals surface area contributed by atoms with Crippen LogP contribution < -0.4 is 0 Å². The quantitative estimate of drug-likeness (QED) is 0.918. The molecule has 0 fully saturated rings. The molecule has 2 aromatic carbocycles. The van der Waals surface area contributed by atoms with Crippen molar-refractivity contribution in [3.8, 4) is 0 Å². The van der Waals surface area contributed by atoms with E-state index in [1.165, 1.54) is 0 Å². The van der Waals surface area contributed by atoms with Crippen molar-refractivity contribution in [2.45, 2.75) is 24.2 Å². The zero-order chi connectivity index (χ0) is 13.0. The van der Waals surface area contributed by atoms with E-state index >= 15 is 0 Å². The number of rotatable bonds is 4. The van der Waals surface area contributed by atoms with Crippen LogP contribution in [0.25, 0.3) is 0 Å². The van der Waals surface area contributed by atoms with E-state index in [4.69, 9.17) is 5.11 Å². The first kappa shape index (κ1) is 13.0. The summed E-state index contributed by atoms with van der Waals surface area (Å²) in [7, 11) is -1.02. The van der Waals surface area contributed by atoms with Crippen LogP contribution in [-0.4, -0.2) is 9.32 Å². The molecule has 0 radical (unpaired) electrons. The summed E-state index contributed by atoms with van der Waals surface area (Å²) in [5.41, 5.74) is 2.96. The third kappa shape index (κ3) is 3.06. The predicted molar refractivity (Wildman–Crippen MR) is 73.7 cm³/mol. The molecule has 2 rings (SSSR count). The van der Waals surface area contributed by atoms with Crippen molar-refractivity contribution >= 4 is 10.8 Å². The van der Waals surface area contributed by atoms with Gasteiger partial charge in [0.25, 0.3) is 0 Å². The summed E-state index contributed by atoms with van der Waals surface area (Å²) in [6.07, 6.45) is 0. The lowest BCUT2D eigenvalue weighted by atomic mass is 10.2. The normalized spacial score (nSPS) is 12.3. The van der Waals surface area contributed by atoms with Crippen molar-refractivity contribution in [2.75, 3.05) is 0 Å². The van der Waals surface area contributed by atoms with E-state index in [-0.39, 0.29) is 6.61 Å². The van der Waals surface area contributed by atoms with Crippen LogP contribution in [0.1, 0.15) is 16.7 Å². The zero-order valence-corrected chi connectivity index (χ0v) is 11.1. The first-order valence-electron chi connectivity index (χ1n) is 5.83. The van der Waals surface area contributed by atoms with Gasteiger partial charge in [-0.15, -0.1) is 0 Å². The van der Waals surface area contributed by atoms with E-state index < -0.39 is 10.8 Å². The summed E-state index contributed by atoms with van der Waals surface area (Å²) in [6, 6.07) is 15.3. The van der Waals surface area contributed by atoms with Gasteiger partial charge in [0, 0.05) is 4.90 Å². The molecular weight excluding hydrogens is 244 g/mol. The van der Waals surface area contributed by atoms with E-state index in [1.54, 1.807) is 0 Å². The molecule has 1 N–H and O–H groups in total. The lowest BCUT2D eigenvalue weighted by Crippen LogP contribution is -1.98. The van der Waals surface area contributed by atoms with Gasteiger partial charge in [-0.25, -0.2) is 0 Å². The van der Waals surface area contributed by atoms with Crippen LogP contribution in [0.2, 0.25) is 0 Å². The minimum absolute atomic E-state index is 0.0428. The highest BCUT2D eigenvalue weighted by Crippen LogP contribution is 2.16. The van der Waals surface area contributed by atoms with Crippen LogP contribution in [0.3, 0.4) is 0 Å². The summed E-state index contributed by atoms with van der Waals surface area (Å²) in [6.45, 7) is 2.02.